The number of nitrogens with zero attached hydrogens (tertiary/aromatic N) is 4. The summed E-state index contributed by atoms with van der Waals surface area (Å²) in [7, 11) is 0. The molecule has 2 aliphatic rings. The first-order valence-electron chi connectivity index (χ1n) is 22.5. The van der Waals surface area contributed by atoms with Crippen LogP contribution in [0.25, 0.3) is 44.4 Å². The summed E-state index contributed by atoms with van der Waals surface area (Å²) in [6, 6.07) is 53.4. The van der Waals surface area contributed by atoms with Gasteiger partial charge in [-0.05, 0) is 91.5 Å². The van der Waals surface area contributed by atoms with Crippen molar-refractivity contribution >= 4 is 38.9 Å². The summed E-state index contributed by atoms with van der Waals surface area (Å²) in [6.45, 7) is 27.3. The summed E-state index contributed by atoms with van der Waals surface area (Å²) in [6.07, 6.45) is 4.19. The topological polar surface area (TPSA) is 33.5 Å². The molecule has 0 N–H and O–H groups in total. The van der Waals surface area contributed by atoms with E-state index < -0.39 is 0 Å². The van der Waals surface area contributed by atoms with Crippen LogP contribution < -0.4 is 14.5 Å². The molecule has 0 unspecified atom stereocenters. The van der Waals surface area contributed by atoms with Gasteiger partial charge >= 0.3 is 0 Å². The molecule has 2 aromatic heterocycles. The van der Waals surface area contributed by atoms with Crippen LogP contribution in [0, 0.1) is 18.8 Å². The van der Waals surface area contributed by atoms with Gasteiger partial charge in [0.25, 0.3) is 0 Å². The van der Waals surface area contributed by atoms with Crippen molar-refractivity contribution in [3.63, 3.8) is 0 Å². The first-order valence-corrected chi connectivity index (χ1v) is 22.5. The molecule has 0 fully saturated rings. The van der Waals surface area contributed by atoms with Crippen molar-refractivity contribution < 1.29 is 25.8 Å². The molecule has 6 aromatic carbocycles. The predicted molar refractivity (Wildman–Crippen MR) is 267 cm³/mol. The Hall–Kier alpha value is -5.90. The Balaban J connectivity index is 0.00000533. The molecule has 5 nitrogen and oxygen atoms in total. The summed E-state index contributed by atoms with van der Waals surface area (Å²) in [4.78, 5) is 9.54. The van der Waals surface area contributed by atoms with Gasteiger partial charge in [-0.3, -0.25) is 0 Å². The number of aromatic nitrogens is 2. The number of benzene rings is 6. The zero-order chi connectivity index (χ0) is 44.9. The van der Waals surface area contributed by atoms with Crippen LogP contribution in [0.5, 0.6) is 11.5 Å². The van der Waals surface area contributed by atoms with Crippen molar-refractivity contribution in [2.45, 2.75) is 97.8 Å². The minimum absolute atomic E-state index is 0. The first kappa shape index (κ1) is 44.3. The van der Waals surface area contributed by atoms with Gasteiger partial charge in [0.2, 0.25) is 0 Å². The summed E-state index contributed by atoms with van der Waals surface area (Å²) < 4.78 is 9.03. The summed E-state index contributed by atoms with van der Waals surface area (Å²) in [5.41, 5.74) is 14.7. The number of fused-ring (bicyclic) bond motifs is 9. The zero-order valence-corrected chi connectivity index (χ0v) is 41.6. The van der Waals surface area contributed by atoms with Gasteiger partial charge in [-0.15, -0.1) is 41.9 Å². The zero-order valence-electron chi connectivity index (χ0n) is 39.4. The summed E-state index contributed by atoms with van der Waals surface area (Å²) in [5.74, 6) is 2.07. The Morgan fingerprint density at radius 3 is 1.88 bits per heavy atom. The van der Waals surface area contributed by atoms with Crippen LogP contribution in [0.2, 0.25) is 0 Å². The Bertz CT molecular complexity index is 3120. The molecule has 4 heterocycles. The van der Waals surface area contributed by atoms with E-state index in [-0.39, 0.29) is 42.7 Å². The van der Waals surface area contributed by atoms with Crippen molar-refractivity contribution in [1.82, 2.24) is 9.55 Å². The second-order valence-electron chi connectivity index (χ2n) is 21.2. The molecule has 8 aromatic rings. The molecule has 0 radical (unpaired) electrons. The Morgan fingerprint density at radius 1 is 0.538 bits per heavy atom. The van der Waals surface area contributed by atoms with E-state index in [9.17, 15) is 0 Å². The summed E-state index contributed by atoms with van der Waals surface area (Å²) in [5, 5.41) is 2.26. The third-order valence-corrected chi connectivity index (χ3v) is 13.3. The molecule has 10 rings (SSSR count). The molecule has 0 amide bonds. The number of ether oxygens (including phenoxy) is 1. The van der Waals surface area contributed by atoms with E-state index >= 15 is 0 Å². The van der Waals surface area contributed by atoms with Crippen LogP contribution >= 0.6 is 0 Å². The monoisotopic (exact) mass is 1030 g/mol. The number of anilines is 2. The fraction of sp³-hybridized carbons (Fsp3) is 0.254. The molecule has 0 saturated heterocycles. The molecule has 0 bridgehead atoms. The molecule has 332 valence electrons. The number of hydrogen-bond acceptors (Lipinski definition) is 4. The number of pyridine rings is 1. The molecule has 0 saturated carbocycles. The number of hydrogen-bond donors (Lipinski definition) is 0. The van der Waals surface area contributed by atoms with E-state index in [4.69, 9.17) is 9.72 Å². The maximum absolute atomic E-state index is 6.79. The smallest absolute Gasteiger partial charge is 0.135 e. The minimum Gasteiger partial charge on any atom is -0.509 e. The standard InChI is InChI=1S/C59H57N4O.Pt/c1-56(2,3)39-21-26-51-50(32-39)49-25-23-45(35-53(49)63(51)55-33-40(27-28-60-55)59(10,11)38-17-13-12-14-18-38)64-44-22-24-48-46-19-15-16-20-47(46)54-36-61(37-62(54)52(48)34-44)43-30-41(57(4,5)6)29-42(31-43)58(7,8)9;/h12-33,36-37H,1-11H3;/q-3;. The van der Waals surface area contributed by atoms with Crippen LogP contribution in [0.15, 0.2) is 140 Å². The van der Waals surface area contributed by atoms with E-state index in [1.54, 1.807) is 0 Å². The van der Waals surface area contributed by atoms with Gasteiger partial charge in [0, 0.05) is 61.1 Å². The molecule has 65 heavy (non-hydrogen) atoms. The second kappa shape index (κ2) is 15.9. The van der Waals surface area contributed by atoms with Crippen molar-refractivity contribution in [2.24, 2.45) is 0 Å². The Labute approximate surface area is 400 Å². The Kier molecular flexibility index (Phi) is 10.8. The van der Waals surface area contributed by atoms with Crippen molar-refractivity contribution in [1.29, 1.82) is 0 Å². The van der Waals surface area contributed by atoms with Crippen LogP contribution in [0.4, 0.5) is 11.4 Å². The van der Waals surface area contributed by atoms with Gasteiger partial charge in [-0.2, -0.15) is 12.1 Å². The van der Waals surface area contributed by atoms with Gasteiger partial charge in [0.05, 0.1) is 0 Å². The predicted octanol–water partition coefficient (Wildman–Crippen LogP) is 15.2. The van der Waals surface area contributed by atoms with Crippen molar-refractivity contribution in [2.75, 3.05) is 9.80 Å². The van der Waals surface area contributed by atoms with Crippen LogP contribution in [-0.4, -0.2) is 9.55 Å². The summed E-state index contributed by atoms with van der Waals surface area (Å²) >= 11 is 0. The molecule has 6 heteroatoms. The molecule has 0 spiro atoms. The first-order chi connectivity index (χ1) is 30.3. The minimum atomic E-state index is -0.234. The van der Waals surface area contributed by atoms with Crippen LogP contribution in [-0.2, 0) is 42.7 Å². The SMILES string of the molecule is CC(C)(C)c1cc(N2C=C3c4ccccc4-c4ccc(Oc5[c-]c6c(cc5)c5cc(C(C)(C)C)ccc5n6-c5cc(C(C)(C)c6ccccc6)ccn5)[c-]c4N3[CH-]2)cc(C(C)(C)C)c1.[Pt]. The second-order valence-corrected chi connectivity index (χ2v) is 21.2. The van der Waals surface area contributed by atoms with Crippen molar-refractivity contribution in [3.8, 4) is 28.4 Å². The maximum atomic E-state index is 6.79. The van der Waals surface area contributed by atoms with Crippen LogP contribution in [0.1, 0.15) is 110 Å². The van der Waals surface area contributed by atoms with Gasteiger partial charge in [-0.1, -0.05) is 166 Å². The van der Waals surface area contributed by atoms with E-state index in [0.29, 0.717) is 11.5 Å². The van der Waals surface area contributed by atoms with Crippen molar-refractivity contribution in [3.05, 3.63) is 192 Å². The third-order valence-electron chi connectivity index (χ3n) is 13.3. The molecule has 2 aliphatic heterocycles. The normalized spacial score (nSPS) is 13.9. The fourth-order valence-corrected chi connectivity index (χ4v) is 9.19. The molecular weight excluding hydrogens is 976 g/mol. The van der Waals surface area contributed by atoms with E-state index in [1.165, 1.54) is 38.9 Å². The number of rotatable bonds is 6. The average Bonchev–Trinajstić information content (AvgIpc) is 3.86. The Morgan fingerprint density at radius 2 is 1.18 bits per heavy atom. The van der Waals surface area contributed by atoms with E-state index in [1.807, 2.05) is 18.3 Å². The van der Waals surface area contributed by atoms with Gasteiger partial charge in [0.15, 0.2) is 0 Å². The average molecular weight is 1030 g/mol. The van der Waals surface area contributed by atoms with E-state index in [2.05, 4.69) is 231 Å². The largest absolute Gasteiger partial charge is 0.509 e. The maximum Gasteiger partial charge on any atom is 0.135 e. The van der Waals surface area contributed by atoms with Gasteiger partial charge in [0.1, 0.15) is 5.82 Å². The molecular formula is C59H57N4OPt-3. The quantitative estimate of drug-likeness (QED) is 0.155. The third kappa shape index (κ3) is 7.90. The van der Waals surface area contributed by atoms with Crippen LogP contribution in [0.3, 0.4) is 0 Å². The molecule has 0 atom stereocenters. The fourth-order valence-electron chi connectivity index (χ4n) is 9.19. The van der Waals surface area contributed by atoms with Gasteiger partial charge < -0.3 is 19.1 Å². The molecule has 0 aliphatic carbocycles. The van der Waals surface area contributed by atoms with E-state index in [0.717, 1.165) is 50.3 Å². The van der Waals surface area contributed by atoms with Gasteiger partial charge in [-0.25, -0.2) is 4.98 Å².